The number of aliphatic hydroxyl groups excluding tert-OH is 20. The first-order chi connectivity index (χ1) is 23.1. The number of aliphatic hydroxyl groups is 24. The fourth-order valence-electron chi connectivity index (χ4n) is 8.49. The fourth-order valence-corrected chi connectivity index (χ4v) is 8.49. The van der Waals surface area contributed by atoms with E-state index < -0.39 is 156 Å². The first-order valence-electron chi connectivity index (χ1n) is 15.2. The van der Waals surface area contributed by atoms with Gasteiger partial charge in [0, 0.05) is 0 Å². The zero-order valence-electron chi connectivity index (χ0n) is 25.7. The summed E-state index contributed by atoms with van der Waals surface area (Å²) in [5.74, 6) is -3.29. The second-order valence-electron chi connectivity index (χ2n) is 13.8. The molecule has 24 N–H and O–H groups in total. The highest BCUT2D eigenvalue weighted by molar-refractivity contribution is 5.98. The molecule has 51 heavy (non-hydrogen) atoms. The van der Waals surface area contributed by atoms with Crippen molar-refractivity contribution in [1.29, 1.82) is 0 Å². The summed E-state index contributed by atoms with van der Waals surface area (Å²) in [5.41, 5.74) is -25.6. The summed E-state index contributed by atoms with van der Waals surface area (Å²) in [5, 5.41) is 266. The lowest BCUT2D eigenvalue weighted by Gasteiger charge is -2.71. The van der Waals surface area contributed by atoms with Gasteiger partial charge in [-0.1, -0.05) is 0 Å². The number of hydrogen-bond acceptors (Lipinski definition) is 25. The molecule has 25 heteroatoms. The lowest BCUT2D eigenvalue weighted by molar-refractivity contribution is -0.423. The van der Waals surface area contributed by atoms with Crippen molar-refractivity contribution in [3.63, 3.8) is 0 Å². The number of carbonyl (C=O) groups is 1. The van der Waals surface area contributed by atoms with Crippen molar-refractivity contribution in [2.75, 3.05) is 0 Å². The monoisotopic (exact) mass is 756 g/mol. The number of rotatable bonds is 5. The highest BCUT2D eigenvalue weighted by Gasteiger charge is 2.91. The third-order valence-corrected chi connectivity index (χ3v) is 11.5. The standard InChI is InChI=1S/C26H44O25/c27-1-5(31)13(39)22(48,14(40)6(1)32)21(47)26(23(49)15(41)7(33)2(28)8(34)16(23)42,24(50)17(43)9(35)3(29)10(36)18(24)44)25(51)19(45)11(37)4(30)12(38)20(25)46/h1-20,27-46,48-51H/t1-,2-,3-,4-,5-,6+,7-,8+,9-,10+,11-,12+,13-,14-,15-,16-,17-,18-,19-,20-,22+,23+,24+,25+/m1/s1. The highest BCUT2D eigenvalue weighted by Crippen LogP contribution is 2.64. The average molecular weight is 757 g/mol. The summed E-state index contributed by atoms with van der Waals surface area (Å²) in [6, 6.07) is 0. The van der Waals surface area contributed by atoms with Crippen molar-refractivity contribution < 1.29 is 127 Å². The fraction of sp³-hybridized carbons (Fsp3) is 0.962. The van der Waals surface area contributed by atoms with Gasteiger partial charge in [0.25, 0.3) is 0 Å². The van der Waals surface area contributed by atoms with Crippen LogP contribution in [0.4, 0.5) is 0 Å². The van der Waals surface area contributed by atoms with Gasteiger partial charge in [0.15, 0.2) is 11.4 Å². The molecule has 0 heterocycles. The maximum Gasteiger partial charge on any atom is 0.185 e. The van der Waals surface area contributed by atoms with Crippen LogP contribution in [0, 0.1) is 5.41 Å². The van der Waals surface area contributed by atoms with Gasteiger partial charge in [0.1, 0.15) is 144 Å². The van der Waals surface area contributed by atoms with E-state index in [9.17, 15) is 123 Å². The summed E-state index contributed by atoms with van der Waals surface area (Å²) >= 11 is 0. The molecule has 0 amide bonds. The molecule has 4 aliphatic rings. The van der Waals surface area contributed by atoms with Crippen molar-refractivity contribution >= 4 is 5.78 Å². The van der Waals surface area contributed by atoms with Gasteiger partial charge >= 0.3 is 0 Å². The lowest BCUT2D eigenvalue weighted by atomic mass is 9.38. The van der Waals surface area contributed by atoms with Gasteiger partial charge in [-0.25, -0.2) is 0 Å². The molecule has 0 spiro atoms. The maximum absolute atomic E-state index is 15.3. The van der Waals surface area contributed by atoms with Crippen molar-refractivity contribution in [1.82, 2.24) is 0 Å². The molecular weight excluding hydrogens is 712 g/mol. The third kappa shape index (κ3) is 4.74. The molecule has 25 nitrogen and oxygen atoms in total. The molecule has 24 atom stereocenters. The van der Waals surface area contributed by atoms with Gasteiger partial charge in [0.2, 0.25) is 0 Å². The van der Waals surface area contributed by atoms with Gasteiger partial charge in [-0.15, -0.1) is 0 Å². The third-order valence-electron chi connectivity index (χ3n) is 11.5. The smallest absolute Gasteiger partial charge is 0.185 e. The Hall–Kier alpha value is -1.29. The lowest BCUT2D eigenvalue weighted by Crippen LogP contribution is -2.97. The Kier molecular flexibility index (Phi) is 11.0. The summed E-state index contributed by atoms with van der Waals surface area (Å²) < 4.78 is 0. The van der Waals surface area contributed by atoms with E-state index in [1.807, 2.05) is 0 Å². The summed E-state index contributed by atoms with van der Waals surface area (Å²) in [7, 11) is 0. The Balaban J connectivity index is 2.39. The van der Waals surface area contributed by atoms with E-state index in [2.05, 4.69) is 0 Å². The Labute approximate surface area is 283 Å². The van der Waals surface area contributed by atoms with E-state index in [4.69, 9.17) is 0 Å². The first-order valence-corrected chi connectivity index (χ1v) is 15.2. The average Bonchev–Trinajstić information content (AvgIpc) is 3.11. The molecule has 4 aliphatic carbocycles. The van der Waals surface area contributed by atoms with Gasteiger partial charge < -0.3 is 123 Å². The van der Waals surface area contributed by atoms with Gasteiger partial charge in [0.05, 0.1) is 0 Å². The molecule has 0 aromatic rings. The molecule has 0 aromatic heterocycles. The Bertz CT molecular complexity index is 1130. The van der Waals surface area contributed by atoms with E-state index in [0.717, 1.165) is 0 Å². The number of carbonyl (C=O) groups excluding carboxylic acids is 1. The van der Waals surface area contributed by atoms with Crippen LogP contribution in [0.1, 0.15) is 0 Å². The molecule has 4 fully saturated rings. The quantitative estimate of drug-likeness (QED) is 0.124. The SMILES string of the molecule is O=C(C([C@]1(O)[C@H](O)[C@H](O)[C@@H](O)[C@H](O)[C@H]1O)([C@]1(O)[C@H](O)[C@H](O)[C@@H](O)[C@H](O)[C@H]1O)[C@]1(O)[C@H](O)[C@H](O)[C@@H](O)[C@H](O)[C@H]1O)[C@]1(O)[C@H](O)[C@H](O)[C@@H](O)[C@H](O)[C@H]1O. The molecule has 0 aliphatic heterocycles. The molecule has 4 rings (SSSR count). The first kappa shape index (κ1) is 42.5. The summed E-state index contributed by atoms with van der Waals surface area (Å²) in [6.45, 7) is 0. The Morgan fingerprint density at radius 3 is 0.627 bits per heavy atom. The highest BCUT2D eigenvalue weighted by atomic mass is 16.5. The normalized spacial score (nSPS) is 60.2. The van der Waals surface area contributed by atoms with Crippen molar-refractivity contribution in [2.24, 2.45) is 5.41 Å². The van der Waals surface area contributed by atoms with E-state index in [-0.39, 0.29) is 0 Å². The van der Waals surface area contributed by atoms with Gasteiger partial charge in [-0.05, 0) is 0 Å². The van der Waals surface area contributed by atoms with Crippen LogP contribution in [0.15, 0.2) is 0 Å². The van der Waals surface area contributed by atoms with E-state index in [1.165, 1.54) is 0 Å². The van der Waals surface area contributed by atoms with E-state index in [0.29, 0.717) is 0 Å². The summed E-state index contributed by atoms with van der Waals surface area (Å²) in [6.07, 6.45) is -66.8. The van der Waals surface area contributed by atoms with E-state index in [1.54, 1.807) is 0 Å². The van der Waals surface area contributed by atoms with Crippen LogP contribution in [-0.4, -0.2) is 273 Å². The second-order valence-corrected chi connectivity index (χ2v) is 13.8. The number of Topliss-reactive ketones (excluding diaryl/α,β-unsaturated/α-hetero) is 1. The maximum atomic E-state index is 15.3. The van der Waals surface area contributed by atoms with Crippen molar-refractivity contribution in [2.45, 2.75) is 144 Å². The van der Waals surface area contributed by atoms with Crippen LogP contribution in [0.5, 0.6) is 0 Å². The Morgan fingerprint density at radius 1 is 0.294 bits per heavy atom. The van der Waals surface area contributed by atoms with Crippen LogP contribution in [0.25, 0.3) is 0 Å². The molecule has 0 bridgehead atoms. The minimum Gasteiger partial charge on any atom is -0.387 e. The molecule has 0 unspecified atom stereocenters. The van der Waals surface area contributed by atoms with Crippen LogP contribution in [0.2, 0.25) is 0 Å². The molecule has 0 saturated heterocycles. The van der Waals surface area contributed by atoms with Crippen LogP contribution < -0.4 is 0 Å². The zero-order chi connectivity index (χ0) is 39.6. The predicted molar refractivity (Wildman–Crippen MR) is 147 cm³/mol. The Morgan fingerprint density at radius 2 is 0.451 bits per heavy atom. The molecule has 298 valence electrons. The van der Waals surface area contributed by atoms with Crippen LogP contribution in [0.3, 0.4) is 0 Å². The largest absolute Gasteiger partial charge is 0.387 e. The van der Waals surface area contributed by atoms with Crippen LogP contribution >= 0.6 is 0 Å². The molecule has 4 saturated carbocycles. The number of ketones is 1. The summed E-state index contributed by atoms with van der Waals surface area (Å²) in [4.78, 5) is 15.3. The van der Waals surface area contributed by atoms with Crippen LogP contribution in [-0.2, 0) is 4.79 Å². The zero-order valence-corrected chi connectivity index (χ0v) is 25.7. The minimum absolute atomic E-state index is 2.76. The van der Waals surface area contributed by atoms with Gasteiger partial charge in [-0.2, -0.15) is 0 Å². The van der Waals surface area contributed by atoms with Crippen molar-refractivity contribution in [3.8, 4) is 0 Å². The molecule has 0 radical (unpaired) electrons. The topological polar surface area (TPSA) is 503 Å². The molecule has 0 aromatic carbocycles. The van der Waals surface area contributed by atoms with E-state index >= 15 is 4.79 Å². The minimum atomic E-state index is -5.55. The number of hydrogen-bond donors (Lipinski definition) is 24. The second kappa shape index (κ2) is 13.2. The van der Waals surface area contributed by atoms with Crippen molar-refractivity contribution in [3.05, 3.63) is 0 Å². The van der Waals surface area contributed by atoms with Gasteiger partial charge in [-0.3, -0.25) is 4.79 Å². The molecular formula is C26H44O25. The predicted octanol–water partition coefficient (Wildman–Crippen LogP) is -16.3.